The van der Waals surface area contributed by atoms with Crippen LogP contribution in [0.1, 0.15) is 5.56 Å². The van der Waals surface area contributed by atoms with Crippen molar-refractivity contribution in [2.24, 2.45) is 0 Å². The number of likely N-dealkylation sites (N-methyl/N-ethyl adjacent to an activating group) is 1. The monoisotopic (exact) mass is 311 g/mol. The summed E-state index contributed by atoms with van der Waals surface area (Å²) in [7, 11) is 1.63. The molecule has 3 rings (SSSR count). The number of fused-ring (bicyclic) bond motifs is 1. The number of nitrogen functional groups attached to an aromatic ring is 1. The normalized spacial score (nSPS) is 15.3. The number of carbonyl (C=O) groups is 1. The van der Waals surface area contributed by atoms with Crippen molar-refractivity contribution in [1.29, 1.82) is 0 Å². The number of nitrogens with zero attached hydrogens (tertiary/aromatic N) is 2. The topological polar surface area (TPSA) is 98.7 Å². The van der Waals surface area contributed by atoms with E-state index in [1.165, 1.54) is 17.0 Å². The number of nitro benzene ring substituents is 1. The molecule has 0 bridgehead atoms. The van der Waals surface area contributed by atoms with Gasteiger partial charge < -0.3 is 15.4 Å². The predicted octanol–water partition coefficient (Wildman–Crippen LogP) is 2.57. The maximum Gasteiger partial charge on any atom is 0.293 e. The minimum Gasteiger partial charge on any atom is -0.449 e. The van der Waals surface area contributed by atoms with Gasteiger partial charge in [-0.3, -0.25) is 14.9 Å². The molecular weight excluding hydrogens is 298 g/mol. The zero-order valence-corrected chi connectivity index (χ0v) is 12.2. The lowest BCUT2D eigenvalue weighted by Crippen LogP contribution is -2.33. The van der Waals surface area contributed by atoms with Gasteiger partial charge in [0.05, 0.1) is 10.6 Å². The maximum absolute atomic E-state index is 12.4. The Kier molecular flexibility index (Phi) is 3.46. The number of rotatable bonds is 2. The molecule has 0 saturated carbocycles. The summed E-state index contributed by atoms with van der Waals surface area (Å²) in [6.07, 6.45) is 1.54. The van der Waals surface area contributed by atoms with E-state index in [2.05, 4.69) is 0 Å². The molecule has 0 saturated heterocycles. The number of benzene rings is 2. The van der Waals surface area contributed by atoms with E-state index in [-0.39, 0.29) is 17.4 Å². The quantitative estimate of drug-likeness (QED) is 0.398. The number of carbonyl (C=O) groups excluding carboxylic acids is 1. The molecule has 0 unspecified atom stereocenters. The van der Waals surface area contributed by atoms with E-state index in [1.54, 1.807) is 43.5 Å². The number of hydrogen-bond donors (Lipinski definition) is 1. The van der Waals surface area contributed by atoms with E-state index < -0.39 is 4.92 Å². The number of anilines is 2. The third kappa shape index (κ3) is 2.71. The minimum absolute atomic E-state index is 0.0130. The van der Waals surface area contributed by atoms with Crippen LogP contribution in [0.3, 0.4) is 0 Å². The molecule has 1 aliphatic rings. The summed E-state index contributed by atoms with van der Waals surface area (Å²) in [5.74, 6) is 0.342. The second-order valence-corrected chi connectivity index (χ2v) is 5.05. The summed E-state index contributed by atoms with van der Waals surface area (Å²) >= 11 is 0. The van der Waals surface area contributed by atoms with Gasteiger partial charge in [-0.05, 0) is 42.0 Å². The smallest absolute Gasteiger partial charge is 0.293 e. The first-order chi connectivity index (χ1) is 11.0. The Labute approximate surface area is 131 Å². The number of nitrogens with two attached hydrogens (primary N) is 1. The lowest BCUT2D eigenvalue weighted by Gasteiger charge is -2.27. The molecule has 0 fully saturated rings. The molecule has 0 atom stereocenters. The summed E-state index contributed by atoms with van der Waals surface area (Å²) in [4.78, 5) is 24.0. The zero-order valence-electron chi connectivity index (χ0n) is 12.2. The van der Waals surface area contributed by atoms with Crippen LogP contribution in [0, 0.1) is 10.1 Å². The van der Waals surface area contributed by atoms with E-state index >= 15 is 0 Å². The molecular formula is C16H13N3O4. The average molecular weight is 311 g/mol. The van der Waals surface area contributed by atoms with Crippen LogP contribution >= 0.6 is 0 Å². The first-order valence-corrected chi connectivity index (χ1v) is 6.77. The highest BCUT2D eigenvalue weighted by Crippen LogP contribution is 2.36. The lowest BCUT2D eigenvalue weighted by molar-refractivity contribution is -0.384. The summed E-state index contributed by atoms with van der Waals surface area (Å²) in [6.45, 7) is 0. The molecule has 7 heteroatoms. The Bertz CT molecular complexity index is 828. The molecule has 2 N–H and O–H groups in total. The van der Waals surface area contributed by atoms with Crippen molar-refractivity contribution in [3.8, 4) is 5.75 Å². The second kappa shape index (κ2) is 5.45. The van der Waals surface area contributed by atoms with Crippen LogP contribution in [0.4, 0.5) is 17.1 Å². The summed E-state index contributed by atoms with van der Waals surface area (Å²) in [5.41, 5.74) is 7.47. The summed E-state index contributed by atoms with van der Waals surface area (Å²) in [5, 5.41) is 10.7. The number of ether oxygens (including phenoxy) is 1. The van der Waals surface area contributed by atoms with E-state index in [0.717, 1.165) is 0 Å². The molecule has 0 aliphatic carbocycles. The van der Waals surface area contributed by atoms with Crippen molar-refractivity contribution in [2.75, 3.05) is 17.7 Å². The molecule has 1 amide bonds. The van der Waals surface area contributed by atoms with Gasteiger partial charge in [-0.15, -0.1) is 0 Å². The molecule has 1 aliphatic heterocycles. The van der Waals surface area contributed by atoms with E-state index in [4.69, 9.17) is 10.5 Å². The molecule has 0 spiro atoms. The lowest BCUT2D eigenvalue weighted by atomic mass is 10.1. The van der Waals surface area contributed by atoms with Gasteiger partial charge in [-0.1, -0.05) is 0 Å². The van der Waals surface area contributed by atoms with Gasteiger partial charge in [0.1, 0.15) is 0 Å². The Balaban J connectivity index is 1.95. The Morgan fingerprint density at radius 2 is 1.91 bits per heavy atom. The Hall–Kier alpha value is -3.35. The van der Waals surface area contributed by atoms with E-state index in [0.29, 0.717) is 22.7 Å². The highest BCUT2D eigenvalue weighted by atomic mass is 16.6. The van der Waals surface area contributed by atoms with Crippen molar-refractivity contribution in [3.63, 3.8) is 0 Å². The fourth-order valence-corrected chi connectivity index (χ4v) is 2.25. The van der Waals surface area contributed by atoms with Crippen LogP contribution < -0.4 is 15.4 Å². The minimum atomic E-state index is -0.479. The maximum atomic E-state index is 12.4. The summed E-state index contributed by atoms with van der Waals surface area (Å²) in [6, 6.07) is 10.9. The molecule has 0 radical (unpaired) electrons. The molecule has 0 aromatic heterocycles. The van der Waals surface area contributed by atoms with Crippen LogP contribution in [0.25, 0.3) is 6.08 Å². The zero-order chi connectivity index (χ0) is 16.6. The third-order valence-electron chi connectivity index (χ3n) is 3.48. The molecule has 2 aromatic rings. The highest BCUT2D eigenvalue weighted by Gasteiger charge is 2.27. The molecule has 2 aromatic carbocycles. The first kappa shape index (κ1) is 14.6. The van der Waals surface area contributed by atoms with Gasteiger partial charge in [-0.2, -0.15) is 0 Å². The summed E-state index contributed by atoms with van der Waals surface area (Å²) < 4.78 is 5.63. The van der Waals surface area contributed by atoms with Gasteiger partial charge in [-0.25, -0.2) is 0 Å². The number of amides is 1. The standard InChI is InChI=1S/C16H13N3O4/c1-18-13-9-11(17)4-7-14(13)23-15(16(18)20)8-10-2-5-12(6-3-10)19(21)22/h2-9H,17H2,1H3/b15-8+. The van der Waals surface area contributed by atoms with Gasteiger partial charge in [0.15, 0.2) is 11.5 Å². The fourth-order valence-electron chi connectivity index (χ4n) is 2.25. The Morgan fingerprint density at radius 3 is 2.57 bits per heavy atom. The number of non-ortho nitro benzene ring substituents is 1. The first-order valence-electron chi connectivity index (χ1n) is 6.77. The van der Waals surface area contributed by atoms with Crippen LogP contribution in [-0.4, -0.2) is 17.9 Å². The van der Waals surface area contributed by atoms with Crippen molar-refractivity contribution in [1.82, 2.24) is 0 Å². The molecule has 7 nitrogen and oxygen atoms in total. The van der Waals surface area contributed by atoms with Gasteiger partial charge in [0.2, 0.25) is 0 Å². The molecule has 23 heavy (non-hydrogen) atoms. The number of nitro groups is 1. The van der Waals surface area contributed by atoms with E-state index in [9.17, 15) is 14.9 Å². The van der Waals surface area contributed by atoms with Crippen molar-refractivity contribution in [3.05, 3.63) is 63.9 Å². The number of hydrogen-bond acceptors (Lipinski definition) is 5. The average Bonchev–Trinajstić information content (AvgIpc) is 2.53. The SMILES string of the molecule is CN1C(=O)/C(=C\c2ccc([N+](=O)[O-])cc2)Oc2ccc(N)cc21. The van der Waals surface area contributed by atoms with Crippen LogP contribution in [0.5, 0.6) is 5.75 Å². The van der Waals surface area contributed by atoms with Crippen LogP contribution in [-0.2, 0) is 4.79 Å². The Morgan fingerprint density at radius 1 is 1.22 bits per heavy atom. The second-order valence-electron chi connectivity index (χ2n) is 5.05. The molecule has 1 heterocycles. The molecule has 116 valence electrons. The van der Waals surface area contributed by atoms with Gasteiger partial charge >= 0.3 is 0 Å². The van der Waals surface area contributed by atoms with Crippen molar-refractivity contribution < 1.29 is 14.5 Å². The van der Waals surface area contributed by atoms with Gasteiger partial charge in [0, 0.05) is 24.9 Å². The van der Waals surface area contributed by atoms with Crippen molar-refractivity contribution >= 4 is 29.0 Å². The van der Waals surface area contributed by atoms with Gasteiger partial charge in [0.25, 0.3) is 11.6 Å². The van der Waals surface area contributed by atoms with E-state index in [1.807, 2.05) is 0 Å². The predicted molar refractivity (Wildman–Crippen MR) is 86.0 cm³/mol. The third-order valence-corrected chi connectivity index (χ3v) is 3.48. The fraction of sp³-hybridized carbons (Fsp3) is 0.0625. The van der Waals surface area contributed by atoms with Crippen LogP contribution in [0.2, 0.25) is 0 Å². The highest BCUT2D eigenvalue weighted by molar-refractivity contribution is 6.09. The largest absolute Gasteiger partial charge is 0.449 e. The van der Waals surface area contributed by atoms with Crippen molar-refractivity contribution in [2.45, 2.75) is 0 Å². The van der Waals surface area contributed by atoms with Crippen LogP contribution in [0.15, 0.2) is 48.2 Å².